The summed E-state index contributed by atoms with van der Waals surface area (Å²) in [6, 6.07) is 12.6. The zero-order valence-corrected chi connectivity index (χ0v) is 22.6. The molecule has 1 aliphatic carbocycles. The number of hydrogen-bond donors (Lipinski definition) is 2. The van der Waals surface area contributed by atoms with E-state index in [4.69, 9.17) is 11.6 Å². The Morgan fingerprint density at radius 1 is 1.14 bits per heavy atom. The van der Waals surface area contributed by atoms with Crippen molar-refractivity contribution in [3.63, 3.8) is 0 Å². The number of hydrogen-bond acceptors (Lipinski definition) is 4. The van der Waals surface area contributed by atoms with Crippen LogP contribution in [0.2, 0.25) is 5.02 Å². The number of likely N-dealkylation sites (tertiary alicyclic amines) is 1. The second-order valence-electron chi connectivity index (χ2n) is 10.3. The number of nitrogens with one attached hydrogen (secondary N) is 2. The molecule has 0 radical (unpaired) electrons. The van der Waals surface area contributed by atoms with Gasteiger partial charge in [-0.15, -0.1) is 0 Å². The summed E-state index contributed by atoms with van der Waals surface area (Å²) < 4.78 is 2.88. The van der Waals surface area contributed by atoms with Gasteiger partial charge in [-0.2, -0.15) is 5.10 Å². The number of aromatic nitrogens is 2. The first-order valence-electron chi connectivity index (χ1n) is 13.0. The van der Waals surface area contributed by atoms with Gasteiger partial charge in [0.25, 0.3) is 5.91 Å². The highest BCUT2D eigenvalue weighted by molar-refractivity contribution is 9.10. The van der Waals surface area contributed by atoms with E-state index in [1.54, 1.807) is 0 Å². The molecule has 2 aliphatic heterocycles. The number of benzene rings is 1. The molecular formula is C28H31BrClN5O. The van der Waals surface area contributed by atoms with E-state index in [1.807, 2.05) is 41.2 Å². The van der Waals surface area contributed by atoms with E-state index in [2.05, 4.69) is 48.7 Å². The molecule has 6 nitrogen and oxygen atoms in total. The molecule has 188 valence electrons. The molecule has 1 amide bonds. The average molecular weight is 569 g/mol. The maximum Gasteiger partial charge on any atom is 0.251 e. The molecular weight excluding hydrogens is 538 g/mol. The van der Waals surface area contributed by atoms with Crippen LogP contribution in [-0.4, -0.2) is 46.1 Å². The molecule has 3 aromatic rings. The molecule has 1 aromatic carbocycles. The lowest BCUT2D eigenvalue weighted by Gasteiger charge is -2.34. The number of piperidine rings is 1. The highest BCUT2D eigenvalue weighted by Gasteiger charge is 2.37. The largest absolute Gasteiger partial charge is 0.387 e. The number of carbonyl (C=O) groups is 1. The Hall–Kier alpha value is -2.51. The maximum absolute atomic E-state index is 13.3. The van der Waals surface area contributed by atoms with Gasteiger partial charge in [0.05, 0.1) is 16.2 Å². The first-order chi connectivity index (χ1) is 17.6. The Kier molecular flexibility index (Phi) is 6.69. The van der Waals surface area contributed by atoms with E-state index in [0.717, 1.165) is 76.4 Å². The second-order valence-corrected chi connectivity index (χ2v) is 11.5. The Balaban J connectivity index is 1.12. The molecule has 0 bridgehead atoms. The Bertz CT molecular complexity index is 1310. The Morgan fingerprint density at radius 2 is 1.94 bits per heavy atom. The molecule has 2 fully saturated rings. The van der Waals surface area contributed by atoms with E-state index in [1.165, 1.54) is 19.3 Å². The van der Waals surface area contributed by atoms with E-state index in [-0.39, 0.29) is 5.91 Å². The average Bonchev–Trinajstić information content (AvgIpc) is 3.51. The minimum Gasteiger partial charge on any atom is -0.387 e. The van der Waals surface area contributed by atoms with Gasteiger partial charge in [-0.3, -0.25) is 4.79 Å². The van der Waals surface area contributed by atoms with Crippen molar-refractivity contribution in [1.82, 2.24) is 19.8 Å². The minimum atomic E-state index is 0.249. The zero-order chi connectivity index (χ0) is 24.6. The maximum atomic E-state index is 13.3. The van der Waals surface area contributed by atoms with Gasteiger partial charge in [0.1, 0.15) is 5.82 Å². The monoisotopic (exact) mass is 567 g/mol. The van der Waals surface area contributed by atoms with Gasteiger partial charge in [-0.1, -0.05) is 42.6 Å². The van der Waals surface area contributed by atoms with Gasteiger partial charge in [0.15, 0.2) is 0 Å². The van der Waals surface area contributed by atoms with Crippen LogP contribution < -0.4 is 10.6 Å². The normalized spacial score (nSPS) is 22.3. The van der Waals surface area contributed by atoms with Crippen molar-refractivity contribution in [2.45, 2.75) is 44.6 Å². The molecule has 2 unspecified atom stereocenters. The van der Waals surface area contributed by atoms with Crippen LogP contribution >= 0.6 is 27.5 Å². The topological polar surface area (TPSA) is 61.7 Å². The van der Waals surface area contributed by atoms with Gasteiger partial charge in [0.2, 0.25) is 0 Å². The first kappa shape index (κ1) is 23.9. The number of pyridine rings is 1. The van der Waals surface area contributed by atoms with Crippen LogP contribution in [0.1, 0.15) is 38.5 Å². The SMILES string of the molecule is O=C(C1=CNC2CCCCC12)N1CCC(CNc2cc(-c3ccccc3Cl)cc3c(Br)cnn23)CC1. The van der Waals surface area contributed by atoms with Crippen molar-refractivity contribution >= 4 is 44.8 Å². The van der Waals surface area contributed by atoms with E-state index < -0.39 is 0 Å². The van der Waals surface area contributed by atoms with E-state index in [9.17, 15) is 4.79 Å². The second kappa shape index (κ2) is 10.1. The van der Waals surface area contributed by atoms with Gasteiger partial charge >= 0.3 is 0 Å². The molecule has 0 spiro atoms. The summed E-state index contributed by atoms with van der Waals surface area (Å²) >= 11 is 10.1. The third kappa shape index (κ3) is 4.52. The molecule has 4 heterocycles. The molecule has 2 atom stereocenters. The third-order valence-corrected chi connectivity index (χ3v) is 9.04. The van der Waals surface area contributed by atoms with Gasteiger partial charge in [-0.25, -0.2) is 4.52 Å². The fourth-order valence-corrected chi connectivity index (χ4v) is 6.65. The van der Waals surface area contributed by atoms with Crippen LogP contribution in [-0.2, 0) is 4.79 Å². The lowest BCUT2D eigenvalue weighted by molar-refractivity contribution is -0.129. The number of halogens is 2. The molecule has 1 saturated carbocycles. The highest BCUT2D eigenvalue weighted by atomic mass is 79.9. The highest BCUT2D eigenvalue weighted by Crippen LogP contribution is 2.36. The molecule has 8 heteroatoms. The summed E-state index contributed by atoms with van der Waals surface area (Å²) in [7, 11) is 0. The molecule has 1 saturated heterocycles. The minimum absolute atomic E-state index is 0.249. The summed E-state index contributed by atoms with van der Waals surface area (Å²) in [6.07, 6.45) is 10.7. The predicted octanol–water partition coefficient (Wildman–Crippen LogP) is 6.11. The number of amides is 1. The number of anilines is 1. The van der Waals surface area contributed by atoms with Crippen molar-refractivity contribution in [2.75, 3.05) is 25.0 Å². The summed E-state index contributed by atoms with van der Waals surface area (Å²) in [5.74, 6) is 2.10. The number of fused-ring (bicyclic) bond motifs is 2. The summed E-state index contributed by atoms with van der Waals surface area (Å²) in [5.41, 5.74) is 4.06. The molecule has 36 heavy (non-hydrogen) atoms. The molecule has 2 aromatic heterocycles. The van der Waals surface area contributed by atoms with Crippen molar-refractivity contribution < 1.29 is 4.79 Å². The van der Waals surface area contributed by atoms with Crippen LogP contribution in [0.5, 0.6) is 0 Å². The van der Waals surface area contributed by atoms with Crippen LogP contribution in [0.4, 0.5) is 5.82 Å². The van der Waals surface area contributed by atoms with Crippen molar-refractivity contribution in [2.24, 2.45) is 11.8 Å². The number of rotatable bonds is 5. The third-order valence-electron chi connectivity index (χ3n) is 8.10. The fraction of sp³-hybridized carbons (Fsp3) is 0.429. The van der Waals surface area contributed by atoms with Crippen LogP contribution in [0, 0.1) is 11.8 Å². The van der Waals surface area contributed by atoms with E-state index >= 15 is 0 Å². The summed E-state index contributed by atoms with van der Waals surface area (Å²) in [4.78, 5) is 15.3. The molecule has 2 N–H and O–H groups in total. The first-order valence-corrected chi connectivity index (χ1v) is 14.2. The lowest BCUT2D eigenvalue weighted by Crippen LogP contribution is -2.42. The molecule has 6 rings (SSSR count). The Morgan fingerprint density at radius 3 is 2.78 bits per heavy atom. The van der Waals surface area contributed by atoms with Gasteiger partial charge in [0, 0.05) is 54.0 Å². The van der Waals surface area contributed by atoms with Crippen molar-refractivity contribution in [3.05, 3.63) is 63.9 Å². The standard InChI is InChI=1S/C28H31BrClN5O/c29-23-17-33-35-26(23)13-19(20-5-1-3-7-24(20)30)14-27(35)32-15-18-9-11-34(12-10-18)28(36)22-16-31-25-8-4-2-6-21(22)25/h1,3,5,7,13-14,16-18,21,25,31-32H,2,4,6,8-12,15H2. The zero-order valence-electron chi connectivity index (χ0n) is 20.2. The Labute approximate surface area is 225 Å². The smallest absolute Gasteiger partial charge is 0.251 e. The number of carbonyl (C=O) groups excluding carboxylic acids is 1. The van der Waals surface area contributed by atoms with E-state index in [0.29, 0.717) is 17.9 Å². The summed E-state index contributed by atoms with van der Waals surface area (Å²) in [5, 5.41) is 12.4. The van der Waals surface area contributed by atoms with Crippen LogP contribution in [0.15, 0.2) is 58.8 Å². The predicted molar refractivity (Wildman–Crippen MR) is 148 cm³/mol. The quantitative estimate of drug-likeness (QED) is 0.390. The van der Waals surface area contributed by atoms with Gasteiger partial charge < -0.3 is 15.5 Å². The van der Waals surface area contributed by atoms with Crippen molar-refractivity contribution in [3.8, 4) is 11.1 Å². The molecule has 3 aliphatic rings. The van der Waals surface area contributed by atoms with Crippen LogP contribution in [0.3, 0.4) is 0 Å². The van der Waals surface area contributed by atoms with Crippen molar-refractivity contribution in [1.29, 1.82) is 0 Å². The van der Waals surface area contributed by atoms with Crippen LogP contribution in [0.25, 0.3) is 16.6 Å². The van der Waals surface area contributed by atoms with Gasteiger partial charge in [-0.05, 0) is 71.3 Å². The lowest BCUT2D eigenvalue weighted by atomic mass is 9.81. The fourth-order valence-electron chi connectivity index (χ4n) is 6.03. The number of nitrogens with zero attached hydrogens (tertiary/aromatic N) is 3. The summed E-state index contributed by atoms with van der Waals surface area (Å²) in [6.45, 7) is 2.49.